The van der Waals surface area contributed by atoms with E-state index in [0.717, 1.165) is 16.7 Å². The first-order valence-electron chi connectivity index (χ1n) is 9.52. The second-order valence-electron chi connectivity index (χ2n) is 7.03. The summed E-state index contributed by atoms with van der Waals surface area (Å²) < 4.78 is 0. The van der Waals surface area contributed by atoms with E-state index in [1.807, 2.05) is 37.3 Å². The molecule has 148 valence electrons. The molecule has 1 aliphatic carbocycles. The zero-order valence-corrected chi connectivity index (χ0v) is 16.2. The monoisotopic (exact) mass is 388 g/mol. The van der Waals surface area contributed by atoms with Crippen LogP contribution in [-0.4, -0.2) is 21.3 Å². The molecule has 1 unspecified atom stereocenters. The molecule has 4 nitrogen and oxygen atoms in total. The number of hydrogen-bond acceptors (Lipinski definition) is 3. The van der Waals surface area contributed by atoms with Gasteiger partial charge in [-0.05, 0) is 41.8 Å². The topological polar surface area (TPSA) is 77.8 Å². The van der Waals surface area contributed by atoms with Crippen molar-refractivity contribution in [2.24, 2.45) is 11.3 Å². The molecule has 1 atom stereocenters. The third-order valence-corrected chi connectivity index (χ3v) is 5.21. The van der Waals surface area contributed by atoms with E-state index in [-0.39, 0.29) is 11.5 Å². The molecule has 0 amide bonds. The molecule has 2 aromatic rings. The fourth-order valence-corrected chi connectivity index (χ4v) is 3.61. The normalized spacial score (nSPS) is 21.6. The van der Waals surface area contributed by atoms with E-state index in [1.54, 1.807) is 60.7 Å². The van der Waals surface area contributed by atoms with Crippen LogP contribution in [-0.2, 0) is 4.79 Å². The number of rotatable bonds is 6. The number of hydrogen-bond donors (Lipinski definition) is 3. The number of phenolic OH excluding ortho intramolecular Hbond substituents is 2. The lowest BCUT2D eigenvalue weighted by molar-refractivity contribution is -0.141. The van der Waals surface area contributed by atoms with Crippen molar-refractivity contribution in [2.75, 3.05) is 0 Å². The Kier molecular flexibility index (Phi) is 6.03. The van der Waals surface area contributed by atoms with Gasteiger partial charge >= 0.3 is 5.97 Å². The summed E-state index contributed by atoms with van der Waals surface area (Å²) in [4.78, 5) is 12.1. The Morgan fingerprint density at radius 1 is 0.931 bits per heavy atom. The first kappa shape index (κ1) is 20.2. The Bertz CT molecular complexity index is 921. The molecule has 0 aromatic heterocycles. The molecule has 2 aromatic carbocycles. The van der Waals surface area contributed by atoms with E-state index >= 15 is 0 Å². The van der Waals surface area contributed by atoms with Crippen LogP contribution in [0, 0.1) is 11.3 Å². The molecule has 0 heterocycles. The summed E-state index contributed by atoms with van der Waals surface area (Å²) in [5.41, 5.74) is 1.91. The molecule has 0 saturated carbocycles. The SMILES string of the molecule is CCC1=CC=CC(C(=O)O)C1(C=Cc1ccc(O)cc1)C=Cc1ccc(O)cc1. The minimum absolute atomic E-state index is 0.183. The lowest BCUT2D eigenvalue weighted by atomic mass is 9.66. The highest BCUT2D eigenvalue weighted by atomic mass is 16.4. The Morgan fingerprint density at radius 3 is 1.83 bits per heavy atom. The fourth-order valence-electron chi connectivity index (χ4n) is 3.61. The molecule has 0 spiro atoms. The van der Waals surface area contributed by atoms with E-state index < -0.39 is 17.3 Å². The maximum absolute atomic E-state index is 12.1. The Labute approximate surface area is 170 Å². The quantitative estimate of drug-likeness (QED) is 0.618. The summed E-state index contributed by atoms with van der Waals surface area (Å²) in [6, 6.07) is 13.5. The van der Waals surface area contributed by atoms with Gasteiger partial charge in [-0.2, -0.15) is 0 Å². The van der Waals surface area contributed by atoms with Crippen LogP contribution in [0.25, 0.3) is 12.2 Å². The number of aliphatic carboxylic acids is 1. The molecule has 29 heavy (non-hydrogen) atoms. The molecular formula is C25H24O4. The molecule has 3 N–H and O–H groups in total. The van der Waals surface area contributed by atoms with Gasteiger partial charge in [0.15, 0.2) is 0 Å². The van der Waals surface area contributed by atoms with Gasteiger partial charge in [-0.15, -0.1) is 0 Å². The summed E-state index contributed by atoms with van der Waals surface area (Å²) in [5.74, 6) is -1.28. The average Bonchev–Trinajstić information content (AvgIpc) is 2.72. The average molecular weight is 388 g/mol. The maximum atomic E-state index is 12.1. The molecule has 0 fully saturated rings. The van der Waals surface area contributed by atoms with Crippen molar-refractivity contribution >= 4 is 18.1 Å². The van der Waals surface area contributed by atoms with Crippen LogP contribution in [0.5, 0.6) is 11.5 Å². The van der Waals surface area contributed by atoms with Gasteiger partial charge in [-0.1, -0.05) is 79.3 Å². The molecule has 0 bridgehead atoms. The van der Waals surface area contributed by atoms with E-state index in [0.29, 0.717) is 6.42 Å². The summed E-state index contributed by atoms with van der Waals surface area (Å²) in [7, 11) is 0. The molecule has 1 aliphatic rings. The smallest absolute Gasteiger partial charge is 0.311 e. The van der Waals surface area contributed by atoms with Crippen LogP contribution in [0.4, 0.5) is 0 Å². The number of carboxylic acid groups (broad SMARTS) is 1. The molecular weight excluding hydrogens is 364 g/mol. The third-order valence-electron chi connectivity index (χ3n) is 5.21. The van der Waals surface area contributed by atoms with Crippen LogP contribution in [0.3, 0.4) is 0 Å². The standard InChI is InChI=1S/C25H24O4/c1-2-20-4-3-5-23(24(28)29)25(20,16-14-18-6-10-21(26)11-7-18)17-15-19-8-12-22(27)13-9-19/h3-17,23,26-27H,2H2,1H3,(H,28,29). The summed E-state index contributed by atoms with van der Waals surface area (Å²) in [5, 5.41) is 28.9. The first-order chi connectivity index (χ1) is 13.9. The molecule has 0 aliphatic heterocycles. The van der Waals surface area contributed by atoms with E-state index in [2.05, 4.69) is 0 Å². The van der Waals surface area contributed by atoms with Crippen molar-refractivity contribution in [3.63, 3.8) is 0 Å². The zero-order valence-electron chi connectivity index (χ0n) is 16.2. The van der Waals surface area contributed by atoms with Crippen LogP contribution in [0.1, 0.15) is 24.5 Å². The van der Waals surface area contributed by atoms with Gasteiger partial charge in [0.05, 0.1) is 5.92 Å². The minimum Gasteiger partial charge on any atom is -0.508 e. The Morgan fingerprint density at radius 2 is 1.41 bits per heavy atom. The van der Waals surface area contributed by atoms with Gasteiger partial charge in [-0.25, -0.2) is 0 Å². The number of aromatic hydroxyl groups is 2. The highest BCUT2D eigenvalue weighted by molar-refractivity contribution is 5.78. The predicted molar refractivity (Wildman–Crippen MR) is 115 cm³/mol. The van der Waals surface area contributed by atoms with Crippen LogP contribution >= 0.6 is 0 Å². The highest BCUT2D eigenvalue weighted by Crippen LogP contribution is 2.45. The van der Waals surface area contributed by atoms with Gasteiger partial charge in [0.2, 0.25) is 0 Å². The summed E-state index contributed by atoms with van der Waals surface area (Å²) in [6.07, 6.45) is 13.8. The molecule has 0 saturated heterocycles. The predicted octanol–water partition coefficient (Wildman–Crippen LogP) is 5.42. The Hall–Kier alpha value is -3.53. The second-order valence-corrected chi connectivity index (χ2v) is 7.03. The number of carbonyl (C=O) groups is 1. The molecule has 3 rings (SSSR count). The number of allylic oxidation sites excluding steroid dienone is 5. The van der Waals surface area contributed by atoms with Crippen LogP contribution < -0.4 is 0 Å². The van der Waals surface area contributed by atoms with Gasteiger partial charge in [0, 0.05) is 5.41 Å². The van der Waals surface area contributed by atoms with Gasteiger partial charge in [0.1, 0.15) is 11.5 Å². The van der Waals surface area contributed by atoms with Crippen molar-refractivity contribution < 1.29 is 20.1 Å². The minimum atomic E-state index is -0.897. The third kappa shape index (κ3) is 4.49. The second kappa shape index (κ2) is 8.65. The summed E-state index contributed by atoms with van der Waals surface area (Å²) >= 11 is 0. The number of carboxylic acids is 1. The van der Waals surface area contributed by atoms with Gasteiger partial charge in [-0.3, -0.25) is 4.79 Å². The Balaban J connectivity index is 2.09. The lowest BCUT2D eigenvalue weighted by Gasteiger charge is -2.36. The maximum Gasteiger partial charge on any atom is 0.311 e. The zero-order chi connectivity index (χ0) is 20.9. The largest absolute Gasteiger partial charge is 0.508 e. The van der Waals surface area contributed by atoms with Crippen LogP contribution in [0.2, 0.25) is 0 Å². The number of phenols is 2. The van der Waals surface area contributed by atoms with E-state index in [1.165, 1.54) is 0 Å². The van der Waals surface area contributed by atoms with Crippen molar-refractivity contribution in [1.29, 1.82) is 0 Å². The van der Waals surface area contributed by atoms with E-state index in [4.69, 9.17) is 0 Å². The summed E-state index contributed by atoms with van der Waals surface area (Å²) in [6.45, 7) is 2.02. The number of benzene rings is 2. The first-order valence-corrected chi connectivity index (χ1v) is 9.52. The van der Waals surface area contributed by atoms with E-state index in [9.17, 15) is 20.1 Å². The fraction of sp³-hybridized carbons (Fsp3) is 0.160. The van der Waals surface area contributed by atoms with Gasteiger partial charge < -0.3 is 15.3 Å². The molecule has 0 radical (unpaired) electrons. The van der Waals surface area contributed by atoms with Crippen molar-refractivity contribution in [2.45, 2.75) is 13.3 Å². The van der Waals surface area contributed by atoms with Gasteiger partial charge in [0.25, 0.3) is 0 Å². The highest BCUT2D eigenvalue weighted by Gasteiger charge is 2.41. The lowest BCUT2D eigenvalue weighted by Crippen LogP contribution is -2.34. The van der Waals surface area contributed by atoms with Crippen molar-refractivity contribution in [3.8, 4) is 11.5 Å². The molecule has 4 heteroatoms. The van der Waals surface area contributed by atoms with Crippen molar-refractivity contribution in [1.82, 2.24) is 0 Å². The van der Waals surface area contributed by atoms with Crippen LogP contribution in [0.15, 0.2) is 84.5 Å². The van der Waals surface area contributed by atoms with Crippen molar-refractivity contribution in [3.05, 3.63) is 95.6 Å².